The predicted octanol–water partition coefficient (Wildman–Crippen LogP) is 4.57. The van der Waals surface area contributed by atoms with E-state index in [1.165, 1.54) is 6.08 Å². The topological polar surface area (TPSA) is 100 Å². The third-order valence-corrected chi connectivity index (χ3v) is 4.63. The first-order valence-electron chi connectivity index (χ1n) is 10.1. The minimum atomic E-state index is -0.561. The first-order chi connectivity index (χ1) is 16.0. The Morgan fingerprint density at radius 2 is 1.58 bits per heavy atom. The van der Waals surface area contributed by atoms with Gasteiger partial charge in [-0.05, 0) is 55.5 Å². The number of nitrogens with one attached hydrogen (secondary N) is 2. The number of nitriles is 1. The molecule has 33 heavy (non-hydrogen) atoms. The second-order valence-electron chi connectivity index (χ2n) is 7.09. The largest absolute Gasteiger partial charge is 0.497 e. The van der Waals surface area contributed by atoms with E-state index < -0.39 is 5.91 Å². The van der Waals surface area contributed by atoms with Gasteiger partial charge in [0.05, 0.1) is 7.11 Å². The van der Waals surface area contributed by atoms with Gasteiger partial charge in [0, 0.05) is 16.9 Å². The number of hydrogen-bond acceptors (Lipinski definition) is 5. The molecule has 0 aromatic heterocycles. The van der Waals surface area contributed by atoms with E-state index in [4.69, 9.17) is 9.47 Å². The number of nitrogens with zero attached hydrogens (tertiary/aromatic N) is 1. The molecule has 0 aliphatic heterocycles. The lowest BCUT2D eigenvalue weighted by Crippen LogP contribution is -2.20. The molecule has 3 rings (SSSR count). The molecule has 2 N–H and O–H groups in total. The van der Waals surface area contributed by atoms with Gasteiger partial charge in [-0.3, -0.25) is 9.59 Å². The normalized spacial score (nSPS) is 10.6. The maximum absolute atomic E-state index is 12.6. The standard InChI is InChI=1S/C26H23N3O4/c1-18-7-9-21(10-8-18)28-25(30)17-33-24-6-4-3-5-19(24)15-20(16-27)26(31)29-22-11-13-23(32-2)14-12-22/h3-15H,17H2,1-2H3,(H,28,30)(H,29,31)/b20-15+. The second-order valence-corrected chi connectivity index (χ2v) is 7.09. The molecule has 0 fully saturated rings. The molecule has 0 saturated heterocycles. The second kappa shape index (κ2) is 11.2. The first kappa shape index (κ1) is 23.1. The molecule has 2 amide bonds. The van der Waals surface area contributed by atoms with Gasteiger partial charge in [0.15, 0.2) is 6.61 Å². The van der Waals surface area contributed by atoms with E-state index >= 15 is 0 Å². The zero-order valence-electron chi connectivity index (χ0n) is 18.3. The monoisotopic (exact) mass is 441 g/mol. The van der Waals surface area contributed by atoms with E-state index in [1.54, 1.807) is 55.6 Å². The molecule has 7 nitrogen and oxygen atoms in total. The molecule has 0 bridgehead atoms. The van der Waals surface area contributed by atoms with Gasteiger partial charge in [-0.1, -0.05) is 35.9 Å². The number of rotatable bonds is 8. The number of benzene rings is 3. The molecule has 0 unspecified atom stereocenters. The van der Waals surface area contributed by atoms with Crippen LogP contribution in [0, 0.1) is 18.3 Å². The molecule has 3 aromatic carbocycles. The summed E-state index contributed by atoms with van der Waals surface area (Å²) < 4.78 is 10.7. The summed E-state index contributed by atoms with van der Waals surface area (Å²) >= 11 is 0. The van der Waals surface area contributed by atoms with Crippen LogP contribution in [0.1, 0.15) is 11.1 Å². The maximum atomic E-state index is 12.6. The van der Waals surface area contributed by atoms with Crippen LogP contribution in [0.25, 0.3) is 6.08 Å². The quantitative estimate of drug-likeness (QED) is 0.394. The Balaban J connectivity index is 1.67. The molecule has 3 aromatic rings. The summed E-state index contributed by atoms with van der Waals surface area (Å²) in [4.78, 5) is 24.8. The number of aryl methyl sites for hydroxylation is 1. The molecule has 0 heterocycles. The summed E-state index contributed by atoms with van der Waals surface area (Å²) in [6.45, 7) is 1.74. The highest BCUT2D eigenvalue weighted by molar-refractivity contribution is 6.09. The SMILES string of the molecule is COc1ccc(NC(=O)/C(C#N)=C/c2ccccc2OCC(=O)Nc2ccc(C)cc2)cc1. The van der Waals surface area contributed by atoms with E-state index in [2.05, 4.69) is 10.6 Å². The molecule has 166 valence electrons. The number of hydrogen-bond donors (Lipinski definition) is 2. The lowest BCUT2D eigenvalue weighted by Gasteiger charge is -2.10. The number of anilines is 2. The Kier molecular flexibility index (Phi) is 7.81. The van der Waals surface area contributed by atoms with Gasteiger partial charge in [-0.25, -0.2) is 0 Å². The van der Waals surface area contributed by atoms with Gasteiger partial charge in [-0.15, -0.1) is 0 Å². The van der Waals surface area contributed by atoms with Crippen molar-refractivity contribution < 1.29 is 19.1 Å². The zero-order chi connectivity index (χ0) is 23.6. The van der Waals surface area contributed by atoms with Crippen molar-refractivity contribution in [2.75, 3.05) is 24.4 Å². The summed E-state index contributed by atoms with van der Waals surface area (Å²) in [6.07, 6.45) is 1.42. The molecular weight excluding hydrogens is 418 g/mol. The van der Waals surface area contributed by atoms with Gasteiger partial charge in [0.2, 0.25) is 0 Å². The third kappa shape index (κ3) is 6.71. The number of para-hydroxylation sites is 1. The van der Waals surface area contributed by atoms with Crippen LogP contribution in [0.3, 0.4) is 0 Å². The van der Waals surface area contributed by atoms with E-state index in [0.29, 0.717) is 28.4 Å². The Hall–Kier alpha value is -4.57. The van der Waals surface area contributed by atoms with Crippen LogP contribution in [0.4, 0.5) is 11.4 Å². The lowest BCUT2D eigenvalue weighted by atomic mass is 10.1. The van der Waals surface area contributed by atoms with Gasteiger partial charge >= 0.3 is 0 Å². The summed E-state index contributed by atoms with van der Waals surface area (Å²) in [5.41, 5.74) is 2.69. The smallest absolute Gasteiger partial charge is 0.266 e. The van der Waals surface area contributed by atoms with Crippen molar-refractivity contribution in [3.63, 3.8) is 0 Å². The minimum absolute atomic E-state index is 0.106. The van der Waals surface area contributed by atoms with Gasteiger partial charge in [0.1, 0.15) is 23.1 Å². The number of methoxy groups -OCH3 is 1. The maximum Gasteiger partial charge on any atom is 0.266 e. The highest BCUT2D eigenvalue weighted by Crippen LogP contribution is 2.22. The summed E-state index contributed by atoms with van der Waals surface area (Å²) in [5, 5.41) is 14.9. The van der Waals surface area contributed by atoms with Crippen LogP contribution in [0.2, 0.25) is 0 Å². The molecule has 7 heteroatoms. The summed E-state index contributed by atoms with van der Waals surface area (Å²) in [6, 6.07) is 23.0. The summed E-state index contributed by atoms with van der Waals surface area (Å²) in [7, 11) is 1.55. The zero-order valence-corrected chi connectivity index (χ0v) is 18.3. The average Bonchev–Trinajstić information content (AvgIpc) is 2.83. The molecule has 0 atom stereocenters. The lowest BCUT2D eigenvalue weighted by molar-refractivity contribution is -0.118. The molecule has 0 saturated carbocycles. The van der Waals surface area contributed by atoms with E-state index in [9.17, 15) is 14.9 Å². The Labute approximate surface area is 192 Å². The van der Waals surface area contributed by atoms with E-state index in [-0.39, 0.29) is 18.1 Å². The van der Waals surface area contributed by atoms with Gasteiger partial charge < -0.3 is 20.1 Å². The van der Waals surface area contributed by atoms with Crippen LogP contribution in [-0.2, 0) is 9.59 Å². The van der Waals surface area contributed by atoms with Crippen molar-refractivity contribution in [2.45, 2.75) is 6.92 Å². The van der Waals surface area contributed by atoms with E-state index in [1.807, 2.05) is 37.3 Å². The van der Waals surface area contributed by atoms with Crippen molar-refractivity contribution >= 4 is 29.3 Å². The van der Waals surface area contributed by atoms with Crippen LogP contribution in [0.5, 0.6) is 11.5 Å². The number of carbonyl (C=O) groups excluding carboxylic acids is 2. The average molecular weight is 441 g/mol. The fraction of sp³-hybridized carbons (Fsp3) is 0.115. The molecule has 0 aliphatic carbocycles. The van der Waals surface area contributed by atoms with Crippen molar-refractivity contribution in [3.8, 4) is 17.6 Å². The molecule has 0 radical (unpaired) electrons. The summed E-state index contributed by atoms with van der Waals surface area (Å²) in [5.74, 6) is 0.146. The van der Waals surface area contributed by atoms with Crippen molar-refractivity contribution in [2.24, 2.45) is 0 Å². The Bertz CT molecular complexity index is 1190. The highest BCUT2D eigenvalue weighted by atomic mass is 16.5. The van der Waals surface area contributed by atoms with E-state index in [0.717, 1.165) is 5.56 Å². The van der Waals surface area contributed by atoms with Crippen LogP contribution in [0.15, 0.2) is 78.4 Å². The van der Waals surface area contributed by atoms with Crippen molar-refractivity contribution in [1.82, 2.24) is 0 Å². The third-order valence-electron chi connectivity index (χ3n) is 4.63. The molecule has 0 spiro atoms. The Morgan fingerprint density at radius 1 is 0.939 bits per heavy atom. The van der Waals surface area contributed by atoms with Crippen LogP contribution >= 0.6 is 0 Å². The van der Waals surface area contributed by atoms with Gasteiger partial charge in [0.25, 0.3) is 11.8 Å². The molecular formula is C26H23N3O4. The van der Waals surface area contributed by atoms with Crippen LogP contribution < -0.4 is 20.1 Å². The van der Waals surface area contributed by atoms with Crippen molar-refractivity contribution in [1.29, 1.82) is 5.26 Å². The predicted molar refractivity (Wildman–Crippen MR) is 127 cm³/mol. The number of carbonyl (C=O) groups is 2. The fourth-order valence-electron chi connectivity index (χ4n) is 2.89. The minimum Gasteiger partial charge on any atom is -0.497 e. The van der Waals surface area contributed by atoms with Crippen molar-refractivity contribution in [3.05, 3.63) is 89.5 Å². The van der Waals surface area contributed by atoms with Crippen LogP contribution in [-0.4, -0.2) is 25.5 Å². The number of amides is 2. The first-order valence-corrected chi connectivity index (χ1v) is 10.1. The number of ether oxygens (including phenoxy) is 2. The Morgan fingerprint density at radius 3 is 2.24 bits per heavy atom. The fourth-order valence-corrected chi connectivity index (χ4v) is 2.89. The van der Waals surface area contributed by atoms with Gasteiger partial charge in [-0.2, -0.15) is 5.26 Å². The molecule has 0 aliphatic rings. The highest BCUT2D eigenvalue weighted by Gasteiger charge is 2.12.